The number of nitriles is 1. The van der Waals surface area contributed by atoms with Crippen molar-refractivity contribution in [1.29, 1.82) is 5.26 Å². The first-order valence-corrected chi connectivity index (χ1v) is 9.54. The number of H-pyrrole nitrogens is 1. The van der Waals surface area contributed by atoms with Gasteiger partial charge in [-0.3, -0.25) is 0 Å². The number of hydrogen-bond acceptors (Lipinski definition) is 6. The van der Waals surface area contributed by atoms with Gasteiger partial charge in [0.05, 0.1) is 28.0 Å². The maximum Gasteiger partial charge on any atom is 0.338 e. The van der Waals surface area contributed by atoms with Crippen LogP contribution in [0.2, 0.25) is 0 Å². The lowest BCUT2D eigenvalue weighted by atomic mass is 10.2. The Kier molecular flexibility index (Phi) is 5.24. The van der Waals surface area contributed by atoms with E-state index in [1.54, 1.807) is 35.0 Å². The SMILES string of the molecule is Cc1cc(C)n(-c2ccc(C(=O)OCC(O)=C(C#N)c3nc4ccccc4[nH]3)cc2)n1. The molecule has 2 aromatic heterocycles. The van der Waals surface area contributed by atoms with Gasteiger partial charge in [0.1, 0.15) is 18.2 Å². The maximum atomic E-state index is 12.4. The fraction of sp³-hybridized carbons (Fsp3) is 0.130. The fourth-order valence-corrected chi connectivity index (χ4v) is 3.24. The minimum atomic E-state index is -0.617. The molecule has 0 unspecified atom stereocenters. The van der Waals surface area contributed by atoms with Gasteiger partial charge >= 0.3 is 5.97 Å². The van der Waals surface area contributed by atoms with Gasteiger partial charge in [0.15, 0.2) is 11.6 Å². The molecule has 2 aromatic carbocycles. The van der Waals surface area contributed by atoms with Crippen LogP contribution in [0.3, 0.4) is 0 Å². The number of aliphatic hydroxyl groups excluding tert-OH is 1. The molecule has 4 aromatic rings. The smallest absolute Gasteiger partial charge is 0.338 e. The summed E-state index contributed by atoms with van der Waals surface area (Å²) >= 11 is 0. The van der Waals surface area contributed by atoms with Crippen molar-refractivity contribution in [3.8, 4) is 11.8 Å². The third kappa shape index (κ3) is 4.02. The lowest BCUT2D eigenvalue weighted by Crippen LogP contribution is -2.09. The third-order valence-electron chi connectivity index (χ3n) is 4.72. The summed E-state index contributed by atoms with van der Waals surface area (Å²) in [5.41, 5.74) is 4.35. The molecule has 0 saturated heterocycles. The minimum Gasteiger partial charge on any atom is -0.507 e. The van der Waals surface area contributed by atoms with Crippen LogP contribution in [0.4, 0.5) is 0 Å². The Morgan fingerprint density at radius 2 is 1.94 bits per heavy atom. The summed E-state index contributed by atoms with van der Waals surface area (Å²) in [5.74, 6) is -0.783. The summed E-state index contributed by atoms with van der Waals surface area (Å²) in [5, 5.41) is 24.2. The summed E-state index contributed by atoms with van der Waals surface area (Å²) in [6.45, 7) is 3.42. The van der Waals surface area contributed by atoms with Gasteiger partial charge in [-0.2, -0.15) is 10.4 Å². The van der Waals surface area contributed by atoms with Gasteiger partial charge in [0, 0.05) is 5.69 Å². The van der Waals surface area contributed by atoms with Crippen molar-refractivity contribution in [2.45, 2.75) is 13.8 Å². The van der Waals surface area contributed by atoms with E-state index in [1.165, 1.54) is 0 Å². The number of nitrogens with one attached hydrogen (secondary N) is 1. The van der Waals surface area contributed by atoms with E-state index in [2.05, 4.69) is 15.1 Å². The second kappa shape index (κ2) is 8.16. The number of aliphatic hydroxyl groups is 1. The van der Waals surface area contributed by atoms with Crippen molar-refractivity contribution < 1.29 is 14.6 Å². The van der Waals surface area contributed by atoms with Gasteiger partial charge in [-0.25, -0.2) is 14.5 Å². The summed E-state index contributed by atoms with van der Waals surface area (Å²) in [4.78, 5) is 19.6. The molecule has 8 heteroatoms. The van der Waals surface area contributed by atoms with Crippen LogP contribution < -0.4 is 0 Å². The molecule has 154 valence electrons. The lowest BCUT2D eigenvalue weighted by Gasteiger charge is -2.07. The molecule has 2 heterocycles. The van der Waals surface area contributed by atoms with Crippen LogP contribution in [0, 0.1) is 25.2 Å². The standard InChI is InChI=1S/C23H19N5O3/c1-14-11-15(2)28(27-14)17-9-7-16(8-10-17)23(30)31-13-21(29)18(12-24)22-25-19-5-3-4-6-20(19)26-22/h3-11,29H,13H2,1-2H3,(H,25,26). The number of aromatic nitrogens is 4. The molecule has 0 aliphatic carbocycles. The average Bonchev–Trinajstić information content (AvgIpc) is 3.34. The Bertz CT molecular complexity index is 1310. The zero-order valence-electron chi connectivity index (χ0n) is 17.0. The number of esters is 1. The molecule has 0 radical (unpaired) electrons. The number of ether oxygens (including phenoxy) is 1. The first kappa shape index (κ1) is 19.9. The van der Waals surface area contributed by atoms with Gasteiger partial charge in [0.2, 0.25) is 0 Å². The molecular weight excluding hydrogens is 394 g/mol. The van der Waals surface area contributed by atoms with E-state index in [-0.39, 0.29) is 17.2 Å². The Balaban J connectivity index is 1.48. The summed E-state index contributed by atoms with van der Waals surface area (Å²) in [7, 11) is 0. The topological polar surface area (TPSA) is 117 Å². The highest BCUT2D eigenvalue weighted by Gasteiger charge is 2.16. The number of aromatic amines is 1. The predicted molar refractivity (Wildman–Crippen MR) is 115 cm³/mol. The van der Waals surface area contributed by atoms with E-state index in [0.717, 1.165) is 22.6 Å². The van der Waals surface area contributed by atoms with Crippen molar-refractivity contribution in [3.63, 3.8) is 0 Å². The summed E-state index contributed by atoms with van der Waals surface area (Å²) in [6, 6.07) is 17.9. The highest BCUT2D eigenvalue weighted by molar-refractivity contribution is 5.90. The van der Waals surface area contributed by atoms with Crippen molar-refractivity contribution in [2.75, 3.05) is 6.61 Å². The molecule has 4 rings (SSSR count). The van der Waals surface area contributed by atoms with E-state index in [4.69, 9.17) is 4.74 Å². The molecular formula is C23H19N5O3. The number of carbonyl (C=O) groups is 1. The van der Waals surface area contributed by atoms with Crippen LogP contribution in [-0.2, 0) is 4.74 Å². The average molecular weight is 413 g/mol. The third-order valence-corrected chi connectivity index (χ3v) is 4.72. The number of aryl methyl sites for hydroxylation is 2. The molecule has 31 heavy (non-hydrogen) atoms. The number of allylic oxidation sites excluding steroid dienone is 1. The monoisotopic (exact) mass is 413 g/mol. The molecule has 0 atom stereocenters. The van der Waals surface area contributed by atoms with Crippen LogP contribution >= 0.6 is 0 Å². The summed E-state index contributed by atoms with van der Waals surface area (Å²) in [6.07, 6.45) is 0. The van der Waals surface area contributed by atoms with Crippen molar-refractivity contribution >= 4 is 22.6 Å². The van der Waals surface area contributed by atoms with E-state index < -0.39 is 12.6 Å². The molecule has 0 spiro atoms. The highest BCUT2D eigenvalue weighted by Crippen LogP contribution is 2.19. The number of fused-ring (bicyclic) bond motifs is 1. The van der Waals surface area contributed by atoms with E-state index in [1.807, 2.05) is 44.2 Å². The first-order chi connectivity index (χ1) is 15.0. The van der Waals surface area contributed by atoms with Crippen molar-refractivity contribution in [3.05, 3.63) is 83.1 Å². The number of carbonyl (C=O) groups excluding carboxylic acids is 1. The van der Waals surface area contributed by atoms with Gasteiger partial charge in [-0.15, -0.1) is 0 Å². The van der Waals surface area contributed by atoms with Crippen LogP contribution in [0.15, 0.2) is 60.4 Å². The van der Waals surface area contributed by atoms with Gasteiger partial charge < -0.3 is 14.8 Å². The van der Waals surface area contributed by atoms with Gasteiger partial charge in [-0.1, -0.05) is 12.1 Å². The number of nitrogens with zero attached hydrogens (tertiary/aromatic N) is 4. The number of rotatable bonds is 5. The van der Waals surface area contributed by atoms with Crippen LogP contribution in [0.5, 0.6) is 0 Å². The number of hydrogen-bond donors (Lipinski definition) is 2. The zero-order valence-corrected chi connectivity index (χ0v) is 17.0. The maximum absolute atomic E-state index is 12.4. The lowest BCUT2D eigenvalue weighted by molar-refractivity contribution is 0.0503. The second-order valence-electron chi connectivity index (χ2n) is 7.00. The molecule has 2 N–H and O–H groups in total. The largest absolute Gasteiger partial charge is 0.507 e. The Morgan fingerprint density at radius 3 is 2.58 bits per heavy atom. The predicted octanol–water partition coefficient (Wildman–Crippen LogP) is 4.02. The Morgan fingerprint density at radius 1 is 1.19 bits per heavy atom. The first-order valence-electron chi connectivity index (χ1n) is 9.54. The summed E-state index contributed by atoms with van der Waals surface area (Å²) < 4.78 is 6.96. The zero-order chi connectivity index (χ0) is 22.0. The molecule has 0 aliphatic heterocycles. The Hall–Kier alpha value is -4.38. The normalized spacial score (nSPS) is 11.8. The molecule has 0 bridgehead atoms. The second-order valence-corrected chi connectivity index (χ2v) is 7.00. The van der Waals surface area contributed by atoms with Crippen molar-refractivity contribution in [1.82, 2.24) is 19.7 Å². The fourth-order valence-electron chi connectivity index (χ4n) is 3.24. The number of benzene rings is 2. The molecule has 8 nitrogen and oxygen atoms in total. The van der Waals surface area contributed by atoms with Crippen LogP contribution in [0.1, 0.15) is 27.6 Å². The molecule has 0 aliphatic rings. The van der Waals surface area contributed by atoms with Gasteiger partial charge in [0.25, 0.3) is 0 Å². The number of para-hydroxylation sites is 2. The van der Waals surface area contributed by atoms with Crippen LogP contribution in [0.25, 0.3) is 22.3 Å². The van der Waals surface area contributed by atoms with Gasteiger partial charge in [-0.05, 0) is 56.3 Å². The Labute approximate surface area is 178 Å². The van der Waals surface area contributed by atoms with E-state index >= 15 is 0 Å². The van der Waals surface area contributed by atoms with E-state index in [0.29, 0.717) is 11.1 Å². The molecule has 0 saturated carbocycles. The van der Waals surface area contributed by atoms with Crippen LogP contribution in [-0.4, -0.2) is 37.4 Å². The van der Waals surface area contributed by atoms with E-state index in [9.17, 15) is 15.2 Å². The molecule has 0 fully saturated rings. The molecule has 0 amide bonds. The highest BCUT2D eigenvalue weighted by atomic mass is 16.5. The number of imidazole rings is 1. The minimum absolute atomic E-state index is 0.0797. The quantitative estimate of drug-likeness (QED) is 0.290. The van der Waals surface area contributed by atoms with Crippen molar-refractivity contribution in [2.24, 2.45) is 0 Å².